The molecule has 1 fully saturated rings. The topological polar surface area (TPSA) is 6.48 Å². The lowest BCUT2D eigenvalue weighted by Crippen LogP contribution is -2.47. The molecule has 3 aromatic rings. The number of nitrogens with zero attached hydrogens (tertiary/aromatic N) is 2. The molecule has 0 bridgehead atoms. The van der Waals surface area contributed by atoms with Crippen LogP contribution in [0, 0.1) is 18.6 Å². The van der Waals surface area contributed by atoms with Gasteiger partial charge < -0.3 is 0 Å². The highest BCUT2D eigenvalue weighted by Crippen LogP contribution is 2.37. The zero-order valence-corrected chi connectivity index (χ0v) is 18.8. The molecule has 162 valence electrons. The Morgan fingerprint density at radius 2 is 1.42 bits per heavy atom. The van der Waals surface area contributed by atoms with E-state index < -0.39 is 0 Å². The highest BCUT2D eigenvalue weighted by Gasteiger charge is 2.32. The highest BCUT2D eigenvalue weighted by atomic mass is 35.5. The van der Waals surface area contributed by atoms with Crippen LogP contribution in [0.3, 0.4) is 0 Å². The molecule has 0 aromatic heterocycles. The molecule has 0 unspecified atom stereocenters. The zero-order valence-electron chi connectivity index (χ0n) is 17.3. The van der Waals surface area contributed by atoms with Crippen LogP contribution in [0.1, 0.15) is 34.8 Å². The quantitative estimate of drug-likeness (QED) is 0.404. The molecule has 2 nitrogen and oxygen atoms in total. The van der Waals surface area contributed by atoms with Crippen molar-refractivity contribution in [2.24, 2.45) is 0 Å². The van der Waals surface area contributed by atoms with E-state index >= 15 is 0 Å². The van der Waals surface area contributed by atoms with Gasteiger partial charge in [0.1, 0.15) is 11.6 Å². The lowest BCUT2D eigenvalue weighted by molar-refractivity contribution is -0.00915. The Morgan fingerprint density at radius 1 is 0.806 bits per heavy atom. The highest BCUT2D eigenvalue weighted by molar-refractivity contribution is 6.31. The first-order chi connectivity index (χ1) is 14.9. The molecular weight excluding hydrogens is 437 g/mol. The zero-order chi connectivity index (χ0) is 22.0. The van der Waals surface area contributed by atoms with Crippen LogP contribution in [0.25, 0.3) is 0 Å². The van der Waals surface area contributed by atoms with Crippen LogP contribution in [0.5, 0.6) is 0 Å². The predicted octanol–water partition coefficient (Wildman–Crippen LogP) is 6.99. The van der Waals surface area contributed by atoms with Crippen molar-refractivity contribution in [1.82, 2.24) is 9.80 Å². The summed E-state index contributed by atoms with van der Waals surface area (Å²) in [6, 6.07) is 17.4. The van der Waals surface area contributed by atoms with E-state index in [1.807, 2.05) is 12.1 Å². The minimum absolute atomic E-state index is 0.150. The third-order valence-electron chi connectivity index (χ3n) is 5.85. The van der Waals surface area contributed by atoms with Gasteiger partial charge in [-0.1, -0.05) is 59.6 Å². The summed E-state index contributed by atoms with van der Waals surface area (Å²) in [6.07, 6.45) is 0.822. The fraction of sp³-hybridized carbons (Fsp3) is 0.280. The molecule has 0 amide bonds. The number of halogens is 4. The van der Waals surface area contributed by atoms with Crippen molar-refractivity contribution in [1.29, 1.82) is 0 Å². The van der Waals surface area contributed by atoms with Gasteiger partial charge in [0.05, 0.1) is 6.17 Å². The van der Waals surface area contributed by atoms with Crippen LogP contribution in [0.2, 0.25) is 10.0 Å². The molecule has 1 aliphatic heterocycles. The number of benzene rings is 3. The van der Waals surface area contributed by atoms with Crippen molar-refractivity contribution in [3.63, 3.8) is 0 Å². The van der Waals surface area contributed by atoms with Crippen molar-refractivity contribution in [2.45, 2.75) is 32.6 Å². The van der Waals surface area contributed by atoms with E-state index in [9.17, 15) is 8.78 Å². The molecule has 1 saturated heterocycles. The summed E-state index contributed by atoms with van der Waals surface area (Å²) in [5.74, 6) is -0.713. The number of hydrogen-bond acceptors (Lipinski definition) is 2. The summed E-state index contributed by atoms with van der Waals surface area (Å²) in [4.78, 5) is 4.64. The molecule has 0 N–H and O–H groups in total. The summed E-state index contributed by atoms with van der Waals surface area (Å²) in [5, 5.41) is 0.803. The molecule has 4 rings (SSSR count). The fourth-order valence-corrected chi connectivity index (χ4v) is 4.75. The maximum absolute atomic E-state index is 13.8. The van der Waals surface area contributed by atoms with Crippen LogP contribution >= 0.6 is 23.2 Å². The van der Waals surface area contributed by atoms with Gasteiger partial charge in [-0.05, 0) is 54.3 Å². The van der Waals surface area contributed by atoms with E-state index in [1.165, 1.54) is 35.4 Å². The third kappa shape index (κ3) is 5.09. The standard InChI is InChI=1S/C25H24Cl2F2N2/c1-17-5-2-3-6-18(17)15-30-11-4-12-31(16-19-7-8-20(28)13-23(19)26)25(30)22-10-9-21(29)14-24(22)27/h2-3,5-10,13-14,25H,4,11-12,15-16H2,1H3/t25-/m1/s1. The van der Waals surface area contributed by atoms with Gasteiger partial charge in [0.15, 0.2) is 0 Å². The Bertz CT molecular complexity index is 1070. The van der Waals surface area contributed by atoms with Crippen LogP contribution in [-0.4, -0.2) is 22.9 Å². The Labute approximate surface area is 192 Å². The molecule has 0 saturated carbocycles. The van der Waals surface area contributed by atoms with Gasteiger partial charge in [0, 0.05) is 41.8 Å². The van der Waals surface area contributed by atoms with Gasteiger partial charge in [-0.2, -0.15) is 0 Å². The van der Waals surface area contributed by atoms with E-state index in [2.05, 4.69) is 28.9 Å². The first-order valence-corrected chi connectivity index (χ1v) is 11.1. The maximum atomic E-state index is 13.8. The lowest BCUT2D eigenvalue weighted by Gasteiger charge is -2.45. The van der Waals surface area contributed by atoms with E-state index in [4.69, 9.17) is 23.2 Å². The maximum Gasteiger partial charge on any atom is 0.124 e. The van der Waals surface area contributed by atoms with E-state index in [-0.39, 0.29) is 17.8 Å². The minimum Gasteiger partial charge on any atom is -0.280 e. The molecule has 1 atom stereocenters. The molecule has 31 heavy (non-hydrogen) atoms. The van der Waals surface area contributed by atoms with E-state index in [1.54, 1.807) is 12.1 Å². The second kappa shape index (κ2) is 9.66. The Kier molecular flexibility index (Phi) is 6.92. The second-order valence-corrected chi connectivity index (χ2v) is 8.81. The van der Waals surface area contributed by atoms with Gasteiger partial charge in [-0.3, -0.25) is 9.80 Å². The van der Waals surface area contributed by atoms with Crippen molar-refractivity contribution < 1.29 is 8.78 Å². The molecule has 1 heterocycles. The summed E-state index contributed by atoms with van der Waals surface area (Å²) < 4.78 is 27.3. The number of aryl methyl sites for hydroxylation is 1. The smallest absolute Gasteiger partial charge is 0.124 e. The SMILES string of the molecule is Cc1ccccc1CN1CCCN(Cc2ccc(F)cc2Cl)[C@@H]1c1ccc(F)cc1Cl. The molecule has 0 aliphatic carbocycles. The van der Waals surface area contributed by atoms with Crippen LogP contribution in [-0.2, 0) is 13.1 Å². The van der Waals surface area contributed by atoms with Crippen LogP contribution in [0.4, 0.5) is 8.78 Å². The largest absolute Gasteiger partial charge is 0.280 e. The lowest BCUT2D eigenvalue weighted by atomic mass is 10.0. The average Bonchev–Trinajstić information content (AvgIpc) is 2.73. The number of hydrogen-bond donors (Lipinski definition) is 0. The Hall–Kier alpha value is -1.98. The summed E-state index contributed by atoms with van der Waals surface area (Å²) in [6.45, 7) is 5.12. The number of rotatable bonds is 5. The van der Waals surface area contributed by atoms with E-state index in [0.717, 1.165) is 37.2 Å². The first-order valence-electron chi connectivity index (χ1n) is 10.3. The molecule has 6 heteroatoms. The molecule has 1 aliphatic rings. The third-order valence-corrected chi connectivity index (χ3v) is 6.53. The van der Waals surface area contributed by atoms with Crippen molar-refractivity contribution in [3.8, 4) is 0 Å². The average molecular weight is 461 g/mol. The van der Waals surface area contributed by atoms with Gasteiger partial charge in [-0.15, -0.1) is 0 Å². The second-order valence-electron chi connectivity index (χ2n) is 8.00. The minimum atomic E-state index is -0.358. The van der Waals surface area contributed by atoms with Gasteiger partial charge in [-0.25, -0.2) is 8.78 Å². The van der Waals surface area contributed by atoms with Crippen LogP contribution in [0.15, 0.2) is 60.7 Å². The molecule has 3 aromatic carbocycles. The monoisotopic (exact) mass is 460 g/mol. The van der Waals surface area contributed by atoms with Gasteiger partial charge >= 0.3 is 0 Å². The predicted molar refractivity (Wildman–Crippen MR) is 122 cm³/mol. The van der Waals surface area contributed by atoms with E-state index in [0.29, 0.717) is 16.6 Å². The van der Waals surface area contributed by atoms with Gasteiger partial charge in [0.25, 0.3) is 0 Å². The van der Waals surface area contributed by atoms with Crippen molar-refractivity contribution in [3.05, 3.63) is 105 Å². The summed E-state index contributed by atoms with van der Waals surface area (Å²) in [7, 11) is 0. The molecule has 0 spiro atoms. The van der Waals surface area contributed by atoms with Gasteiger partial charge in [0.2, 0.25) is 0 Å². The summed E-state index contributed by atoms with van der Waals surface area (Å²) >= 11 is 12.8. The van der Waals surface area contributed by atoms with Crippen molar-refractivity contribution >= 4 is 23.2 Å². The Balaban J connectivity index is 1.71. The van der Waals surface area contributed by atoms with Crippen molar-refractivity contribution in [2.75, 3.05) is 13.1 Å². The summed E-state index contributed by atoms with van der Waals surface area (Å²) in [5.41, 5.74) is 4.18. The molecule has 0 radical (unpaired) electrons. The molecular formula is C25H24Cl2F2N2. The first kappa shape index (κ1) is 22.2. The normalized spacial score (nSPS) is 17.8. The van der Waals surface area contributed by atoms with Crippen LogP contribution < -0.4 is 0 Å². The fourth-order valence-electron chi connectivity index (χ4n) is 4.26. The Morgan fingerprint density at radius 3 is 2.06 bits per heavy atom.